The van der Waals surface area contributed by atoms with Crippen molar-refractivity contribution in [2.75, 3.05) is 0 Å². The molecule has 0 aliphatic heterocycles. The van der Waals surface area contributed by atoms with Gasteiger partial charge in [0.1, 0.15) is 11.4 Å². The van der Waals surface area contributed by atoms with E-state index < -0.39 is 5.60 Å². The average molecular weight is 508 g/mol. The lowest BCUT2D eigenvalue weighted by atomic mass is 9.93. The number of nitrogens with zero attached hydrogens (tertiary/aromatic N) is 2. The second-order valence-corrected chi connectivity index (χ2v) is 9.64. The van der Waals surface area contributed by atoms with Gasteiger partial charge >= 0.3 is 0 Å². The number of aliphatic hydroxyl groups is 1. The highest BCUT2D eigenvalue weighted by Gasteiger charge is 2.30. The molecular weight excluding hydrogens is 474 g/mol. The number of carbonyl (C=O) groups excluding carboxylic acids is 1. The highest BCUT2D eigenvalue weighted by Crippen LogP contribution is 2.33. The lowest BCUT2D eigenvalue weighted by Gasteiger charge is -2.21. The average Bonchev–Trinajstić information content (AvgIpc) is 3.34. The Kier molecular flexibility index (Phi) is 8.34. The van der Waals surface area contributed by atoms with E-state index in [1.165, 1.54) is 5.56 Å². The Hall–Kier alpha value is -4.29. The van der Waals surface area contributed by atoms with Crippen LogP contribution < -0.4 is 5.32 Å². The van der Waals surface area contributed by atoms with E-state index >= 15 is 0 Å². The van der Waals surface area contributed by atoms with Crippen LogP contribution in [0.4, 0.5) is 0 Å². The zero-order chi connectivity index (χ0) is 27.1. The van der Waals surface area contributed by atoms with Crippen LogP contribution in [0.15, 0.2) is 95.7 Å². The molecule has 1 amide bonds. The van der Waals surface area contributed by atoms with E-state index in [1.807, 2.05) is 74.5 Å². The summed E-state index contributed by atoms with van der Waals surface area (Å²) in [5, 5.41) is 14.8. The molecule has 6 nitrogen and oxygen atoms in total. The van der Waals surface area contributed by atoms with E-state index in [4.69, 9.17) is 4.42 Å². The monoisotopic (exact) mass is 507 g/mol. The van der Waals surface area contributed by atoms with Crippen molar-refractivity contribution in [3.8, 4) is 0 Å². The smallest absolute Gasteiger partial charge is 0.226 e. The maximum atomic E-state index is 12.5. The third-order valence-corrected chi connectivity index (χ3v) is 6.37. The van der Waals surface area contributed by atoms with Crippen LogP contribution in [0.5, 0.6) is 0 Å². The van der Waals surface area contributed by atoms with Crippen molar-refractivity contribution < 1.29 is 14.3 Å². The molecule has 0 saturated carbocycles. The van der Waals surface area contributed by atoms with Crippen molar-refractivity contribution in [1.29, 1.82) is 0 Å². The van der Waals surface area contributed by atoms with Crippen molar-refractivity contribution in [3.05, 3.63) is 131 Å². The van der Waals surface area contributed by atoms with Gasteiger partial charge in [0, 0.05) is 30.0 Å². The number of fused-ring (bicyclic) bond motifs is 1. The van der Waals surface area contributed by atoms with E-state index in [-0.39, 0.29) is 12.3 Å². The number of nitrogens with one attached hydrogen (secondary N) is 1. The highest BCUT2D eigenvalue weighted by atomic mass is 16.4. The van der Waals surface area contributed by atoms with E-state index in [1.54, 1.807) is 31.5 Å². The Morgan fingerprint density at radius 2 is 1.66 bits per heavy atom. The zero-order valence-electron chi connectivity index (χ0n) is 22.2. The molecule has 0 saturated heterocycles. The number of rotatable bonds is 6. The molecule has 2 N–H and O–H groups in total. The Morgan fingerprint density at radius 3 is 2.32 bits per heavy atom. The first-order valence-corrected chi connectivity index (χ1v) is 12.6. The van der Waals surface area contributed by atoms with E-state index in [0.717, 1.165) is 27.8 Å². The summed E-state index contributed by atoms with van der Waals surface area (Å²) in [5.74, 6) is 0.316. The van der Waals surface area contributed by atoms with Gasteiger partial charge in [0.25, 0.3) is 0 Å². The van der Waals surface area contributed by atoms with Crippen LogP contribution in [0.25, 0.3) is 11.1 Å². The van der Waals surface area contributed by atoms with Gasteiger partial charge in [0.15, 0.2) is 0 Å². The minimum Gasteiger partial charge on any atom is -0.439 e. The SMILES string of the molecule is Cc1ccc(CNC(=O)Cc2cnc3oc(C(C)(O)c4ccnc(C)c4)cc3c2)c(C)c1.c1ccccc1. The minimum atomic E-state index is -1.32. The van der Waals surface area contributed by atoms with Crippen LogP contribution in [0, 0.1) is 20.8 Å². The van der Waals surface area contributed by atoms with Crippen LogP contribution in [0.1, 0.15) is 46.2 Å². The molecule has 1 unspecified atom stereocenters. The van der Waals surface area contributed by atoms with Crippen molar-refractivity contribution in [3.63, 3.8) is 0 Å². The highest BCUT2D eigenvalue weighted by molar-refractivity contribution is 5.81. The van der Waals surface area contributed by atoms with Crippen LogP contribution >= 0.6 is 0 Å². The molecular formula is C32H33N3O3. The van der Waals surface area contributed by atoms with Crippen molar-refractivity contribution in [2.24, 2.45) is 0 Å². The van der Waals surface area contributed by atoms with Gasteiger partial charge in [0.05, 0.1) is 6.42 Å². The van der Waals surface area contributed by atoms with Crippen LogP contribution in [0.2, 0.25) is 0 Å². The summed E-state index contributed by atoms with van der Waals surface area (Å²) in [6.07, 6.45) is 3.51. The Bertz CT molecular complexity index is 1500. The quantitative estimate of drug-likeness (QED) is 0.297. The molecule has 1 atom stereocenters. The number of amides is 1. The predicted molar refractivity (Wildman–Crippen MR) is 150 cm³/mol. The third kappa shape index (κ3) is 6.72. The van der Waals surface area contributed by atoms with Crippen LogP contribution in [-0.4, -0.2) is 21.0 Å². The summed E-state index contributed by atoms with van der Waals surface area (Å²) in [6.45, 7) is 8.14. The molecule has 3 heterocycles. The van der Waals surface area contributed by atoms with E-state index in [2.05, 4.69) is 28.3 Å². The van der Waals surface area contributed by atoms with Gasteiger partial charge in [0.2, 0.25) is 11.6 Å². The molecule has 5 rings (SSSR count). The van der Waals surface area contributed by atoms with Gasteiger partial charge in [-0.3, -0.25) is 9.78 Å². The number of benzene rings is 2. The van der Waals surface area contributed by atoms with Crippen LogP contribution in [-0.2, 0) is 23.4 Å². The number of hydrogen-bond donors (Lipinski definition) is 2. The van der Waals surface area contributed by atoms with E-state index in [0.29, 0.717) is 23.6 Å². The standard InChI is InChI=1S/C26H27N3O3.C6H6/c1-16-5-6-20(17(2)9-16)15-28-24(30)12-19-11-21-13-23(32-25(21)29-14-19)26(4,31)22-7-8-27-18(3)10-22;1-2-4-6-5-3-1/h5-11,13-14,31H,12,15H2,1-4H3,(H,28,30);1-6H. The summed E-state index contributed by atoms with van der Waals surface area (Å²) in [6, 6.07) is 25.4. The fourth-order valence-electron chi connectivity index (χ4n) is 4.18. The zero-order valence-corrected chi connectivity index (χ0v) is 22.2. The van der Waals surface area contributed by atoms with E-state index in [9.17, 15) is 9.90 Å². The first kappa shape index (κ1) is 26.8. The maximum Gasteiger partial charge on any atom is 0.226 e. The Labute approximate surface area is 223 Å². The van der Waals surface area contributed by atoms with Gasteiger partial charge in [-0.2, -0.15) is 0 Å². The van der Waals surface area contributed by atoms with Gasteiger partial charge in [-0.15, -0.1) is 0 Å². The first-order chi connectivity index (χ1) is 18.2. The summed E-state index contributed by atoms with van der Waals surface area (Å²) >= 11 is 0. The molecule has 0 bridgehead atoms. The molecule has 0 radical (unpaired) electrons. The Balaban J connectivity index is 0.000000494. The van der Waals surface area contributed by atoms with Crippen LogP contribution in [0.3, 0.4) is 0 Å². The largest absolute Gasteiger partial charge is 0.439 e. The summed E-state index contributed by atoms with van der Waals surface area (Å²) in [4.78, 5) is 21.0. The second kappa shape index (κ2) is 11.8. The van der Waals surface area contributed by atoms with Gasteiger partial charge in [-0.1, -0.05) is 60.2 Å². The topological polar surface area (TPSA) is 88.2 Å². The number of carbonyl (C=O) groups is 1. The van der Waals surface area contributed by atoms with Gasteiger partial charge < -0.3 is 14.8 Å². The Morgan fingerprint density at radius 1 is 0.947 bits per heavy atom. The lowest BCUT2D eigenvalue weighted by molar-refractivity contribution is -0.120. The van der Waals surface area contributed by atoms with Crippen molar-refractivity contribution >= 4 is 17.0 Å². The first-order valence-electron chi connectivity index (χ1n) is 12.6. The maximum absolute atomic E-state index is 12.5. The van der Waals surface area contributed by atoms with Gasteiger partial charge in [-0.05, 0) is 74.2 Å². The number of aryl methyl sites for hydroxylation is 3. The second-order valence-electron chi connectivity index (χ2n) is 9.64. The number of hydrogen-bond acceptors (Lipinski definition) is 5. The molecule has 38 heavy (non-hydrogen) atoms. The molecule has 194 valence electrons. The number of pyridine rings is 2. The molecule has 0 spiro atoms. The normalized spacial score (nSPS) is 12.3. The molecule has 6 heteroatoms. The summed E-state index contributed by atoms with van der Waals surface area (Å²) in [5.41, 5.74) is 4.85. The molecule has 5 aromatic rings. The number of aromatic nitrogens is 2. The fraction of sp³-hybridized carbons (Fsp3) is 0.219. The summed E-state index contributed by atoms with van der Waals surface area (Å²) < 4.78 is 5.83. The molecule has 0 aliphatic rings. The number of furan rings is 1. The molecule has 3 aromatic heterocycles. The predicted octanol–water partition coefficient (Wildman–Crippen LogP) is 5.95. The summed E-state index contributed by atoms with van der Waals surface area (Å²) in [7, 11) is 0. The van der Waals surface area contributed by atoms with Crippen molar-refractivity contribution in [2.45, 2.75) is 46.3 Å². The van der Waals surface area contributed by atoms with Gasteiger partial charge in [-0.25, -0.2) is 4.98 Å². The fourth-order valence-corrected chi connectivity index (χ4v) is 4.18. The van der Waals surface area contributed by atoms with Crippen molar-refractivity contribution in [1.82, 2.24) is 15.3 Å². The minimum absolute atomic E-state index is 0.0749. The molecule has 0 aliphatic carbocycles. The molecule has 2 aromatic carbocycles. The third-order valence-electron chi connectivity index (χ3n) is 6.37. The lowest BCUT2D eigenvalue weighted by Crippen LogP contribution is -2.25. The molecule has 0 fully saturated rings.